The van der Waals surface area contributed by atoms with Crippen LogP contribution in [0.3, 0.4) is 0 Å². The van der Waals surface area contributed by atoms with Gasteiger partial charge in [-0.1, -0.05) is 18.2 Å². The molecule has 0 saturated heterocycles. The number of phenols is 1. The van der Waals surface area contributed by atoms with Crippen molar-refractivity contribution in [2.75, 3.05) is 5.32 Å². The Morgan fingerprint density at radius 2 is 1.49 bits per heavy atom. The van der Waals surface area contributed by atoms with Crippen molar-refractivity contribution in [2.24, 2.45) is 0 Å². The SMILES string of the molecule is O=C(Nc1ccc(C(=O)NNC(=O)c2n[nH]c(=O)c3ccccc23)c(O)c1)c1cc(F)cc(F)c1. The number of carbonyl (C=O) groups excluding carboxylic acids is 3. The summed E-state index contributed by atoms with van der Waals surface area (Å²) in [4.78, 5) is 48.9. The maximum atomic E-state index is 13.3. The van der Waals surface area contributed by atoms with Gasteiger partial charge in [0.05, 0.1) is 10.9 Å². The van der Waals surface area contributed by atoms with Crippen LogP contribution in [0.5, 0.6) is 5.75 Å². The number of hydrazine groups is 1. The average molecular weight is 479 g/mol. The van der Waals surface area contributed by atoms with Gasteiger partial charge in [-0.25, -0.2) is 13.9 Å². The van der Waals surface area contributed by atoms with E-state index in [1.807, 2.05) is 0 Å². The van der Waals surface area contributed by atoms with Gasteiger partial charge in [0.1, 0.15) is 17.4 Å². The molecule has 1 aromatic heterocycles. The van der Waals surface area contributed by atoms with Crippen LogP contribution in [0.1, 0.15) is 31.2 Å². The number of anilines is 1. The van der Waals surface area contributed by atoms with Crippen molar-refractivity contribution in [1.82, 2.24) is 21.0 Å². The Morgan fingerprint density at radius 3 is 2.17 bits per heavy atom. The van der Waals surface area contributed by atoms with Gasteiger partial charge in [0, 0.05) is 28.8 Å². The maximum Gasteiger partial charge on any atom is 0.290 e. The lowest BCUT2D eigenvalue weighted by molar-refractivity contribution is 0.0842. The largest absolute Gasteiger partial charge is 0.507 e. The lowest BCUT2D eigenvalue weighted by Gasteiger charge is -2.11. The standard InChI is InChI=1S/C23H15F2N5O5/c24-12-7-11(8-13(25)9-12)20(32)26-14-5-6-17(18(31)10-14)22(34)29-30-23(35)19-15-3-1-2-4-16(15)21(33)28-27-19/h1-10,31H,(H,26,32)(H,28,33)(H,29,34)(H,30,35). The van der Waals surface area contributed by atoms with E-state index in [-0.39, 0.29) is 33.3 Å². The monoisotopic (exact) mass is 479 g/mol. The van der Waals surface area contributed by atoms with E-state index < -0.39 is 40.7 Å². The Morgan fingerprint density at radius 1 is 0.829 bits per heavy atom. The van der Waals surface area contributed by atoms with E-state index in [0.29, 0.717) is 6.07 Å². The fourth-order valence-electron chi connectivity index (χ4n) is 3.22. The van der Waals surface area contributed by atoms with Crippen LogP contribution >= 0.6 is 0 Å². The van der Waals surface area contributed by atoms with E-state index in [2.05, 4.69) is 26.4 Å². The number of hydrogen-bond donors (Lipinski definition) is 5. The summed E-state index contributed by atoms with van der Waals surface area (Å²) in [5.74, 6) is -4.97. The molecule has 0 saturated carbocycles. The smallest absolute Gasteiger partial charge is 0.290 e. The molecule has 0 unspecified atom stereocenters. The highest BCUT2D eigenvalue weighted by Crippen LogP contribution is 2.23. The molecular weight excluding hydrogens is 464 g/mol. The van der Waals surface area contributed by atoms with Crippen LogP contribution in [-0.4, -0.2) is 33.0 Å². The van der Waals surface area contributed by atoms with Gasteiger partial charge in [0.25, 0.3) is 23.3 Å². The lowest BCUT2D eigenvalue weighted by Crippen LogP contribution is -2.42. The van der Waals surface area contributed by atoms with Crippen LogP contribution in [0.15, 0.2) is 65.5 Å². The molecule has 0 spiro atoms. The summed E-state index contributed by atoms with van der Waals surface area (Å²) in [7, 11) is 0. The number of phenolic OH excluding ortho intramolecular Hbond substituents is 1. The highest BCUT2D eigenvalue weighted by molar-refractivity contribution is 6.07. The highest BCUT2D eigenvalue weighted by Gasteiger charge is 2.17. The summed E-state index contributed by atoms with van der Waals surface area (Å²) in [5.41, 5.74) is 3.14. The minimum Gasteiger partial charge on any atom is -0.507 e. The van der Waals surface area contributed by atoms with E-state index in [1.165, 1.54) is 18.2 Å². The molecule has 4 aromatic rings. The van der Waals surface area contributed by atoms with Gasteiger partial charge in [-0.15, -0.1) is 0 Å². The van der Waals surface area contributed by atoms with Crippen LogP contribution in [0.25, 0.3) is 10.8 Å². The molecule has 5 N–H and O–H groups in total. The van der Waals surface area contributed by atoms with E-state index in [0.717, 1.165) is 24.3 Å². The minimum absolute atomic E-state index is 0.0432. The topological polar surface area (TPSA) is 153 Å². The van der Waals surface area contributed by atoms with Crippen LogP contribution in [-0.2, 0) is 0 Å². The molecule has 3 amide bonds. The van der Waals surface area contributed by atoms with Crippen molar-refractivity contribution >= 4 is 34.2 Å². The number of benzene rings is 3. The van der Waals surface area contributed by atoms with E-state index in [1.54, 1.807) is 12.1 Å². The average Bonchev–Trinajstić information content (AvgIpc) is 2.82. The zero-order valence-electron chi connectivity index (χ0n) is 17.6. The number of hydrogen-bond acceptors (Lipinski definition) is 6. The van der Waals surface area contributed by atoms with Gasteiger partial charge in [-0.2, -0.15) is 5.10 Å². The van der Waals surface area contributed by atoms with E-state index in [4.69, 9.17) is 0 Å². The number of aromatic nitrogens is 2. The van der Waals surface area contributed by atoms with Gasteiger partial charge >= 0.3 is 0 Å². The molecule has 12 heteroatoms. The zero-order chi connectivity index (χ0) is 25.1. The van der Waals surface area contributed by atoms with Gasteiger partial charge in [0.2, 0.25) is 0 Å². The molecule has 0 aliphatic carbocycles. The predicted molar refractivity (Wildman–Crippen MR) is 120 cm³/mol. The lowest BCUT2D eigenvalue weighted by atomic mass is 10.1. The summed E-state index contributed by atoms with van der Waals surface area (Å²) in [6.45, 7) is 0. The van der Waals surface area contributed by atoms with Crippen molar-refractivity contribution in [3.8, 4) is 5.75 Å². The van der Waals surface area contributed by atoms with Gasteiger partial charge < -0.3 is 10.4 Å². The third kappa shape index (κ3) is 4.95. The van der Waals surface area contributed by atoms with Gasteiger partial charge in [-0.05, 0) is 30.3 Å². The van der Waals surface area contributed by atoms with Crippen molar-refractivity contribution < 1.29 is 28.3 Å². The quantitative estimate of drug-likeness (QED) is 0.283. The number of rotatable bonds is 4. The summed E-state index contributed by atoms with van der Waals surface area (Å²) < 4.78 is 26.6. The molecule has 0 bridgehead atoms. The molecule has 10 nitrogen and oxygen atoms in total. The van der Waals surface area contributed by atoms with Crippen molar-refractivity contribution in [3.63, 3.8) is 0 Å². The van der Waals surface area contributed by atoms with Crippen LogP contribution in [0.2, 0.25) is 0 Å². The Bertz CT molecular complexity index is 1530. The van der Waals surface area contributed by atoms with Crippen LogP contribution in [0, 0.1) is 11.6 Å². The first-order valence-electron chi connectivity index (χ1n) is 9.91. The molecule has 0 aliphatic rings. The van der Waals surface area contributed by atoms with Gasteiger partial charge in [-0.3, -0.25) is 30.0 Å². The molecule has 35 heavy (non-hydrogen) atoms. The molecule has 3 aromatic carbocycles. The fraction of sp³-hybridized carbons (Fsp3) is 0. The number of aromatic hydroxyl groups is 1. The second-order valence-corrected chi connectivity index (χ2v) is 7.20. The second-order valence-electron chi connectivity index (χ2n) is 7.20. The number of H-pyrrole nitrogens is 1. The van der Waals surface area contributed by atoms with Gasteiger partial charge in [0.15, 0.2) is 5.69 Å². The molecule has 0 atom stereocenters. The summed E-state index contributed by atoms with van der Waals surface area (Å²) in [6.07, 6.45) is 0. The van der Waals surface area contributed by atoms with Crippen molar-refractivity contribution in [3.05, 3.63) is 99.5 Å². The first-order valence-corrected chi connectivity index (χ1v) is 9.91. The third-order valence-corrected chi connectivity index (χ3v) is 4.83. The Balaban J connectivity index is 1.44. The minimum atomic E-state index is -0.933. The first kappa shape index (κ1) is 23.0. The molecule has 0 fully saturated rings. The van der Waals surface area contributed by atoms with Crippen LogP contribution < -0.4 is 21.7 Å². The Kier molecular flexibility index (Phi) is 6.18. The van der Waals surface area contributed by atoms with Crippen molar-refractivity contribution in [2.45, 2.75) is 0 Å². The number of aromatic amines is 1. The molecule has 0 radical (unpaired) electrons. The zero-order valence-corrected chi connectivity index (χ0v) is 17.6. The number of nitrogens with zero attached hydrogens (tertiary/aromatic N) is 1. The van der Waals surface area contributed by atoms with E-state index >= 15 is 0 Å². The normalized spacial score (nSPS) is 10.6. The number of carbonyl (C=O) groups is 3. The maximum absolute atomic E-state index is 13.3. The second kappa shape index (κ2) is 9.39. The number of fused-ring (bicyclic) bond motifs is 1. The molecule has 176 valence electrons. The predicted octanol–water partition coefficient (Wildman–Crippen LogP) is 2.23. The molecule has 0 aliphatic heterocycles. The highest BCUT2D eigenvalue weighted by atomic mass is 19.1. The Labute approximate surface area is 194 Å². The number of halogens is 2. The summed E-state index contributed by atoms with van der Waals surface area (Å²) in [5, 5.41) is 18.9. The molecular formula is C23H15F2N5O5. The summed E-state index contributed by atoms with van der Waals surface area (Å²) >= 11 is 0. The third-order valence-electron chi connectivity index (χ3n) is 4.83. The number of amides is 3. The fourth-order valence-corrected chi connectivity index (χ4v) is 3.22. The van der Waals surface area contributed by atoms with Crippen LogP contribution in [0.4, 0.5) is 14.5 Å². The van der Waals surface area contributed by atoms with Crippen molar-refractivity contribution in [1.29, 1.82) is 0 Å². The molecule has 4 rings (SSSR count). The number of nitrogens with one attached hydrogen (secondary N) is 4. The Hall–Kier alpha value is -5.13. The molecule has 1 heterocycles. The summed E-state index contributed by atoms with van der Waals surface area (Å²) in [6, 6.07) is 12.0. The van der Waals surface area contributed by atoms with E-state index in [9.17, 15) is 33.1 Å². The first-order chi connectivity index (χ1) is 16.7.